The van der Waals surface area contributed by atoms with Gasteiger partial charge in [-0.2, -0.15) is 0 Å². The number of aliphatic hydroxyl groups excluding tert-OH is 1. The molecule has 1 aromatic rings. The van der Waals surface area contributed by atoms with E-state index in [-0.39, 0.29) is 24.4 Å². The Morgan fingerprint density at radius 1 is 1.44 bits per heavy atom. The largest absolute Gasteiger partial charge is 0.396 e. The maximum absolute atomic E-state index is 12.6. The smallest absolute Gasteiger partial charge is 0.319 e. The molecule has 1 rings (SSSR count). The van der Waals surface area contributed by atoms with Crippen LogP contribution in [0.3, 0.4) is 0 Å². The summed E-state index contributed by atoms with van der Waals surface area (Å²) in [4.78, 5) is 11.3. The summed E-state index contributed by atoms with van der Waals surface area (Å²) in [5.74, 6) is -0.334. The van der Waals surface area contributed by atoms with Crippen LogP contribution in [0.25, 0.3) is 0 Å². The third-order valence-electron chi connectivity index (χ3n) is 2.02. The number of rotatable bonds is 4. The van der Waals surface area contributed by atoms with Gasteiger partial charge in [0.25, 0.3) is 0 Å². The maximum atomic E-state index is 12.6. The number of nitrogens with one attached hydrogen (secondary N) is 2. The molecule has 0 saturated heterocycles. The monoisotopic (exact) mass is 226 g/mol. The van der Waals surface area contributed by atoms with E-state index in [4.69, 9.17) is 5.11 Å². The second-order valence-corrected chi connectivity index (χ2v) is 3.63. The topological polar surface area (TPSA) is 61.4 Å². The average molecular weight is 226 g/mol. The Kier molecular flexibility index (Phi) is 4.72. The summed E-state index contributed by atoms with van der Waals surface area (Å²) in [7, 11) is 0. The van der Waals surface area contributed by atoms with E-state index in [1.165, 1.54) is 24.3 Å². The summed E-state index contributed by atoms with van der Waals surface area (Å²) >= 11 is 0. The number of hydrogen-bond donors (Lipinski definition) is 3. The molecule has 0 aliphatic heterocycles. The van der Waals surface area contributed by atoms with Gasteiger partial charge in [0, 0.05) is 18.8 Å². The molecule has 0 radical (unpaired) electrons. The van der Waals surface area contributed by atoms with Crippen molar-refractivity contribution < 1.29 is 14.3 Å². The van der Waals surface area contributed by atoms with Gasteiger partial charge in [0.15, 0.2) is 0 Å². The van der Waals surface area contributed by atoms with Gasteiger partial charge in [-0.05, 0) is 30.2 Å². The third kappa shape index (κ3) is 4.27. The van der Waals surface area contributed by atoms with Gasteiger partial charge in [-0.1, -0.05) is 6.92 Å². The lowest BCUT2D eigenvalue weighted by Gasteiger charge is -2.10. The predicted molar refractivity (Wildman–Crippen MR) is 59.7 cm³/mol. The summed E-state index contributed by atoms with van der Waals surface area (Å²) < 4.78 is 12.6. The number of benzene rings is 1. The number of carbonyl (C=O) groups is 1. The summed E-state index contributed by atoms with van der Waals surface area (Å²) in [5, 5.41) is 13.9. The fourth-order valence-electron chi connectivity index (χ4n) is 1.04. The van der Waals surface area contributed by atoms with Crippen molar-refractivity contribution in [3.8, 4) is 0 Å². The van der Waals surface area contributed by atoms with Crippen LogP contribution < -0.4 is 10.6 Å². The van der Waals surface area contributed by atoms with E-state index >= 15 is 0 Å². The van der Waals surface area contributed by atoms with Gasteiger partial charge in [0.05, 0.1) is 0 Å². The van der Waals surface area contributed by atoms with Crippen LogP contribution in [-0.4, -0.2) is 24.3 Å². The molecule has 16 heavy (non-hydrogen) atoms. The van der Waals surface area contributed by atoms with Crippen LogP contribution in [0.15, 0.2) is 24.3 Å². The van der Waals surface area contributed by atoms with Crippen molar-refractivity contribution in [2.75, 3.05) is 18.5 Å². The highest BCUT2D eigenvalue weighted by Gasteiger charge is 2.04. The summed E-state index contributed by atoms with van der Waals surface area (Å²) in [6.07, 6.45) is 0. The second kappa shape index (κ2) is 6.07. The molecule has 1 atom stereocenters. The Bertz CT molecular complexity index is 340. The number of amides is 2. The van der Waals surface area contributed by atoms with Crippen molar-refractivity contribution in [1.29, 1.82) is 0 Å². The van der Waals surface area contributed by atoms with Gasteiger partial charge in [-0.3, -0.25) is 0 Å². The van der Waals surface area contributed by atoms with Crippen molar-refractivity contribution >= 4 is 11.7 Å². The molecule has 0 spiro atoms. The van der Waals surface area contributed by atoms with E-state index in [9.17, 15) is 9.18 Å². The highest BCUT2D eigenvalue weighted by molar-refractivity contribution is 5.89. The van der Waals surface area contributed by atoms with Gasteiger partial charge in [-0.25, -0.2) is 9.18 Å². The number of urea groups is 1. The highest BCUT2D eigenvalue weighted by atomic mass is 19.1. The van der Waals surface area contributed by atoms with Gasteiger partial charge >= 0.3 is 6.03 Å². The van der Waals surface area contributed by atoms with Crippen molar-refractivity contribution in [3.63, 3.8) is 0 Å². The molecule has 0 aliphatic rings. The van der Waals surface area contributed by atoms with Crippen LogP contribution in [0, 0.1) is 11.7 Å². The van der Waals surface area contributed by atoms with Crippen LogP contribution in [0.2, 0.25) is 0 Å². The molecule has 4 nitrogen and oxygen atoms in total. The molecule has 0 heterocycles. The normalized spacial score (nSPS) is 11.9. The maximum Gasteiger partial charge on any atom is 0.319 e. The van der Waals surface area contributed by atoms with Crippen molar-refractivity contribution in [1.82, 2.24) is 5.32 Å². The van der Waals surface area contributed by atoms with Crippen molar-refractivity contribution in [2.24, 2.45) is 5.92 Å². The summed E-state index contributed by atoms with van der Waals surface area (Å²) in [6.45, 7) is 2.23. The third-order valence-corrected chi connectivity index (χ3v) is 2.02. The van der Waals surface area contributed by atoms with Crippen molar-refractivity contribution in [2.45, 2.75) is 6.92 Å². The molecule has 2 amide bonds. The molecule has 5 heteroatoms. The average Bonchev–Trinajstić information content (AvgIpc) is 2.29. The molecule has 0 bridgehead atoms. The summed E-state index contributed by atoms with van der Waals surface area (Å²) in [5.41, 5.74) is 0.524. The lowest BCUT2D eigenvalue weighted by atomic mass is 10.2. The van der Waals surface area contributed by atoms with Gasteiger partial charge in [-0.15, -0.1) is 0 Å². The Labute approximate surface area is 93.5 Å². The number of carbonyl (C=O) groups excluding carboxylic acids is 1. The van der Waals surface area contributed by atoms with E-state index in [1.54, 1.807) is 0 Å². The first-order valence-electron chi connectivity index (χ1n) is 5.03. The Morgan fingerprint density at radius 3 is 2.62 bits per heavy atom. The standard InChI is InChI=1S/C11H15FN2O2/c1-8(7-15)6-13-11(16)14-10-4-2-9(12)3-5-10/h2-5,8,15H,6-7H2,1H3,(H2,13,14,16). The van der Waals surface area contributed by atoms with E-state index in [0.717, 1.165) is 0 Å². The van der Waals surface area contributed by atoms with Gasteiger partial charge < -0.3 is 15.7 Å². The first-order valence-corrected chi connectivity index (χ1v) is 5.03. The van der Waals surface area contributed by atoms with Crippen LogP contribution in [-0.2, 0) is 0 Å². The molecule has 1 aromatic carbocycles. The molecule has 3 N–H and O–H groups in total. The van der Waals surface area contributed by atoms with Gasteiger partial charge in [0.1, 0.15) is 5.82 Å². The zero-order chi connectivity index (χ0) is 12.0. The van der Waals surface area contributed by atoms with E-state index < -0.39 is 0 Å². The SMILES string of the molecule is CC(CO)CNC(=O)Nc1ccc(F)cc1. The Hall–Kier alpha value is -1.62. The number of aliphatic hydroxyl groups is 1. The fourth-order valence-corrected chi connectivity index (χ4v) is 1.04. The molecule has 0 fully saturated rings. The minimum Gasteiger partial charge on any atom is -0.396 e. The second-order valence-electron chi connectivity index (χ2n) is 3.63. The van der Waals surface area contributed by atoms with Crippen LogP contribution >= 0.6 is 0 Å². The van der Waals surface area contributed by atoms with E-state index in [0.29, 0.717) is 12.2 Å². The number of hydrogen-bond acceptors (Lipinski definition) is 2. The Morgan fingerprint density at radius 2 is 2.06 bits per heavy atom. The predicted octanol–water partition coefficient (Wildman–Crippen LogP) is 1.58. The van der Waals surface area contributed by atoms with E-state index in [2.05, 4.69) is 10.6 Å². The quantitative estimate of drug-likeness (QED) is 0.729. The molecule has 0 aromatic heterocycles. The van der Waals surface area contributed by atoms with Crippen LogP contribution in [0.4, 0.5) is 14.9 Å². The molecule has 1 unspecified atom stereocenters. The first-order chi connectivity index (χ1) is 7.61. The molecular weight excluding hydrogens is 211 g/mol. The molecule has 0 aliphatic carbocycles. The van der Waals surface area contributed by atoms with Gasteiger partial charge in [0.2, 0.25) is 0 Å². The zero-order valence-electron chi connectivity index (χ0n) is 9.03. The first kappa shape index (κ1) is 12.4. The fraction of sp³-hybridized carbons (Fsp3) is 0.364. The lowest BCUT2D eigenvalue weighted by molar-refractivity contribution is 0.227. The minimum absolute atomic E-state index is 0.0129. The zero-order valence-corrected chi connectivity index (χ0v) is 9.03. The van der Waals surface area contributed by atoms with Crippen molar-refractivity contribution in [3.05, 3.63) is 30.1 Å². The number of anilines is 1. The molecule has 0 saturated carbocycles. The van der Waals surface area contributed by atoms with E-state index in [1.807, 2.05) is 6.92 Å². The van der Waals surface area contributed by atoms with Crippen LogP contribution in [0.5, 0.6) is 0 Å². The minimum atomic E-state index is -0.369. The summed E-state index contributed by atoms with van der Waals surface area (Å²) in [6, 6.07) is 5.12. The number of halogens is 1. The molecular formula is C11H15FN2O2. The lowest BCUT2D eigenvalue weighted by Crippen LogP contribution is -2.33. The Balaban J connectivity index is 2.37. The van der Waals surface area contributed by atoms with Crippen LogP contribution in [0.1, 0.15) is 6.92 Å². The highest BCUT2D eigenvalue weighted by Crippen LogP contribution is 2.07. The molecule has 88 valence electrons.